The lowest BCUT2D eigenvalue weighted by Gasteiger charge is -2.30. The van der Waals surface area contributed by atoms with Crippen molar-refractivity contribution in [2.75, 3.05) is 0 Å². The second-order valence-electron chi connectivity index (χ2n) is 9.03. The van der Waals surface area contributed by atoms with E-state index in [2.05, 4.69) is 16.6 Å². The summed E-state index contributed by atoms with van der Waals surface area (Å²) in [5, 5.41) is 0. The summed E-state index contributed by atoms with van der Waals surface area (Å²) >= 11 is 0. The molecule has 0 aromatic carbocycles. The first-order valence-corrected chi connectivity index (χ1v) is 11.5. The van der Waals surface area contributed by atoms with Crippen LogP contribution in [0.3, 0.4) is 0 Å². The molecule has 1 fully saturated rings. The van der Waals surface area contributed by atoms with Gasteiger partial charge >= 0.3 is 6.18 Å². The zero-order valence-electron chi connectivity index (χ0n) is 19.9. The van der Waals surface area contributed by atoms with Crippen LogP contribution in [0.25, 0.3) is 16.6 Å². The van der Waals surface area contributed by atoms with Crippen LogP contribution >= 0.6 is 0 Å². The number of nitrogens with zero attached hydrogens (tertiary/aromatic N) is 2. The van der Waals surface area contributed by atoms with Gasteiger partial charge in [0.2, 0.25) is 0 Å². The second kappa shape index (κ2) is 10.2. The molecule has 0 atom stereocenters. The van der Waals surface area contributed by atoms with Crippen molar-refractivity contribution >= 4 is 22.5 Å². The van der Waals surface area contributed by atoms with E-state index in [1.807, 2.05) is 13.8 Å². The summed E-state index contributed by atoms with van der Waals surface area (Å²) in [6.45, 7) is 10.8. The van der Waals surface area contributed by atoms with Crippen molar-refractivity contribution < 1.29 is 22.3 Å². The van der Waals surface area contributed by atoms with Gasteiger partial charge in [-0.3, -0.25) is 4.79 Å². The lowest BCUT2D eigenvalue weighted by Crippen LogP contribution is -2.32. The van der Waals surface area contributed by atoms with Crippen molar-refractivity contribution in [3.63, 3.8) is 0 Å². The highest BCUT2D eigenvalue weighted by Gasteiger charge is 2.42. The summed E-state index contributed by atoms with van der Waals surface area (Å²) in [4.78, 5) is 19.8. The molecule has 5 nitrogen and oxygen atoms in total. The third kappa shape index (κ3) is 5.45. The summed E-state index contributed by atoms with van der Waals surface area (Å²) in [6.07, 6.45) is -2.69. The van der Waals surface area contributed by atoms with E-state index in [4.69, 9.17) is 4.74 Å². The van der Waals surface area contributed by atoms with E-state index >= 15 is 4.39 Å². The number of halogens is 4. The highest BCUT2D eigenvalue weighted by Crippen LogP contribution is 2.39. The molecule has 9 heteroatoms. The molecule has 0 amide bonds. The van der Waals surface area contributed by atoms with Crippen LogP contribution in [0.4, 0.5) is 17.6 Å². The molecule has 0 saturated heterocycles. The molecule has 0 spiro atoms. The lowest BCUT2D eigenvalue weighted by molar-refractivity contribution is -0.185. The fraction of sp³-hybridized carbons (Fsp3) is 0.520. The lowest BCUT2D eigenvalue weighted by atomic mass is 9.87. The molecule has 2 heterocycles. The number of H-pyrrole nitrogens is 1. The second-order valence-corrected chi connectivity index (χ2v) is 9.03. The highest BCUT2D eigenvalue weighted by molar-refractivity contribution is 6.03. The molecule has 1 saturated carbocycles. The molecular formula is C25H31F4N3O2. The van der Waals surface area contributed by atoms with Crippen molar-refractivity contribution in [3.8, 4) is 0 Å². The number of fused-ring (bicyclic) bond motifs is 1. The molecular weight excluding hydrogens is 450 g/mol. The average molecular weight is 482 g/mol. The van der Waals surface area contributed by atoms with E-state index in [0.717, 1.165) is 0 Å². The Morgan fingerprint density at radius 2 is 1.91 bits per heavy atom. The van der Waals surface area contributed by atoms with Crippen LogP contribution in [0.15, 0.2) is 46.2 Å². The van der Waals surface area contributed by atoms with E-state index in [0.29, 0.717) is 22.3 Å². The minimum Gasteiger partial charge on any atom is -0.472 e. The number of rotatable bonds is 6. The predicted octanol–water partition coefficient (Wildman–Crippen LogP) is 7.07. The third-order valence-electron chi connectivity index (χ3n) is 6.11. The largest absolute Gasteiger partial charge is 0.472 e. The number of hydrogen-bond donors (Lipinski definition) is 1. The van der Waals surface area contributed by atoms with Crippen LogP contribution in [0, 0.1) is 5.92 Å². The van der Waals surface area contributed by atoms with Gasteiger partial charge in [0.15, 0.2) is 5.83 Å². The van der Waals surface area contributed by atoms with Gasteiger partial charge in [-0.15, -0.1) is 0 Å². The van der Waals surface area contributed by atoms with Gasteiger partial charge in [0.05, 0.1) is 17.0 Å². The molecule has 0 bridgehead atoms. The number of aromatic nitrogens is 2. The predicted molar refractivity (Wildman–Crippen MR) is 126 cm³/mol. The Kier molecular flexibility index (Phi) is 7.73. The minimum absolute atomic E-state index is 0.0659. The average Bonchev–Trinajstić information content (AvgIpc) is 3.16. The van der Waals surface area contributed by atoms with Crippen molar-refractivity contribution in [2.45, 2.75) is 78.1 Å². The first kappa shape index (κ1) is 25.8. The van der Waals surface area contributed by atoms with E-state index in [9.17, 15) is 18.0 Å². The van der Waals surface area contributed by atoms with E-state index in [1.165, 1.54) is 6.07 Å². The zero-order chi connectivity index (χ0) is 25.2. The Morgan fingerprint density at radius 1 is 1.26 bits per heavy atom. The van der Waals surface area contributed by atoms with Gasteiger partial charge in [0, 0.05) is 35.1 Å². The van der Waals surface area contributed by atoms with Crippen LogP contribution < -0.4 is 5.56 Å². The molecule has 0 unspecified atom stereocenters. The summed E-state index contributed by atoms with van der Waals surface area (Å²) < 4.78 is 62.4. The number of ether oxygens (including phenoxy) is 1. The maximum Gasteiger partial charge on any atom is 0.391 e. The number of allylic oxidation sites excluding steroid dienone is 2. The number of nitrogens with one attached hydrogen (secondary N) is 1. The van der Waals surface area contributed by atoms with Crippen LogP contribution in [-0.2, 0) is 4.74 Å². The van der Waals surface area contributed by atoms with Crippen molar-refractivity contribution in [2.24, 2.45) is 10.9 Å². The van der Waals surface area contributed by atoms with Gasteiger partial charge < -0.3 is 14.3 Å². The standard InChI is InChI=1S/C25H31F4N3O2/c1-6-18(19-13-30-20-11-12-21(33)32(15(4)5)23(19)20)22(26)24(31-14(2)3)34-17-9-7-16(8-10-17)25(27,28)29/h11-13,15-17,30H,2,6-10H2,1,3-5H3/b22-18-,31-24?. The number of pyridine rings is 1. The normalized spacial score (nSPS) is 20.6. The van der Waals surface area contributed by atoms with Crippen molar-refractivity contribution in [1.29, 1.82) is 0 Å². The fourth-order valence-electron chi connectivity index (χ4n) is 4.47. The maximum absolute atomic E-state index is 15.9. The third-order valence-corrected chi connectivity index (χ3v) is 6.11. The fourth-order valence-corrected chi connectivity index (χ4v) is 4.47. The van der Waals surface area contributed by atoms with Crippen LogP contribution in [0.5, 0.6) is 0 Å². The van der Waals surface area contributed by atoms with Gasteiger partial charge in [0.25, 0.3) is 11.5 Å². The summed E-state index contributed by atoms with van der Waals surface area (Å²) in [5.41, 5.74) is 2.17. The van der Waals surface area contributed by atoms with Crippen LogP contribution in [0.1, 0.15) is 71.4 Å². The molecule has 186 valence electrons. The Bertz CT molecular complexity index is 1160. The molecule has 1 N–H and O–H groups in total. The molecule has 0 radical (unpaired) electrons. The molecule has 3 rings (SSSR count). The number of aromatic amines is 1. The first-order valence-electron chi connectivity index (χ1n) is 11.5. The van der Waals surface area contributed by atoms with Gasteiger partial charge in [0.1, 0.15) is 6.10 Å². The maximum atomic E-state index is 15.9. The topological polar surface area (TPSA) is 59.4 Å². The zero-order valence-corrected chi connectivity index (χ0v) is 19.9. The van der Waals surface area contributed by atoms with E-state index < -0.39 is 24.0 Å². The highest BCUT2D eigenvalue weighted by atomic mass is 19.4. The summed E-state index contributed by atoms with van der Waals surface area (Å²) in [6, 6.07) is 2.96. The van der Waals surface area contributed by atoms with Crippen molar-refractivity contribution in [1.82, 2.24) is 9.55 Å². The van der Waals surface area contributed by atoms with Crippen LogP contribution in [0.2, 0.25) is 0 Å². The molecule has 34 heavy (non-hydrogen) atoms. The number of alkyl halides is 3. The SMILES string of the molecule is C=C(C)N=C(OC1CCC(C(F)(F)F)CC1)/C(F)=C(\CC)c1c[nH]c2ccc(=O)n(C(C)C)c12. The molecule has 2 aromatic heterocycles. The number of aliphatic imine (C=N–C) groups is 1. The number of hydrogen-bond acceptors (Lipinski definition) is 3. The minimum atomic E-state index is -4.23. The summed E-state index contributed by atoms with van der Waals surface area (Å²) in [5.74, 6) is -2.36. The van der Waals surface area contributed by atoms with Gasteiger partial charge in [-0.25, -0.2) is 9.38 Å². The van der Waals surface area contributed by atoms with E-state index in [-0.39, 0.29) is 55.2 Å². The quantitative estimate of drug-likeness (QED) is 0.272. The molecule has 2 aromatic rings. The van der Waals surface area contributed by atoms with Crippen molar-refractivity contribution in [3.05, 3.63) is 52.3 Å². The van der Waals surface area contributed by atoms with Gasteiger partial charge in [-0.05, 0) is 58.9 Å². The van der Waals surface area contributed by atoms with Gasteiger partial charge in [-0.1, -0.05) is 13.5 Å². The Balaban J connectivity index is 2.02. The Hall–Kier alpha value is -2.84. The Labute approximate surface area is 196 Å². The monoisotopic (exact) mass is 481 g/mol. The summed E-state index contributed by atoms with van der Waals surface area (Å²) in [7, 11) is 0. The van der Waals surface area contributed by atoms with Gasteiger partial charge in [-0.2, -0.15) is 13.2 Å². The molecule has 1 aliphatic carbocycles. The smallest absolute Gasteiger partial charge is 0.391 e. The molecule has 0 aliphatic heterocycles. The first-order chi connectivity index (χ1) is 15.9. The molecule has 1 aliphatic rings. The van der Waals surface area contributed by atoms with E-state index in [1.54, 1.807) is 30.7 Å². The Morgan fingerprint density at radius 3 is 2.44 bits per heavy atom. The van der Waals surface area contributed by atoms with Crippen LogP contribution in [-0.4, -0.2) is 27.7 Å².